The molecular weight excluding hydrogens is 207 g/mol. The third-order valence-electron chi connectivity index (χ3n) is 2.34. The van der Waals surface area contributed by atoms with E-state index in [0.29, 0.717) is 0 Å². The highest BCUT2D eigenvalue weighted by molar-refractivity contribution is 6.21. The highest BCUT2D eigenvalue weighted by Crippen LogP contribution is 2.38. The molecule has 0 aromatic rings. The van der Waals surface area contributed by atoms with Gasteiger partial charge in [0.1, 0.15) is 0 Å². The predicted octanol–water partition coefficient (Wildman–Crippen LogP) is 1.25. The summed E-state index contributed by atoms with van der Waals surface area (Å²) in [6.45, 7) is 0. The smallest absolute Gasteiger partial charge is 0.390 e. The van der Waals surface area contributed by atoms with Gasteiger partial charge in [-0.05, 0) is 12.8 Å². The Kier molecular flexibility index (Phi) is 3.09. The molecular formula is C7H11ClF3NO. The minimum absolute atomic E-state index is 0.242. The van der Waals surface area contributed by atoms with E-state index in [0.717, 1.165) is 0 Å². The standard InChI is InChI=1S/C7H11ClF3NO/c8-4-1-3(7(9,10)11)2-5(12)6(4)13/h3-6,13H,1-2,12H2. The molecule has 0 radical (unpaired) electrons. The number of hydrogen-bond acceptors (Lipinski definition) is 2. The minimum atomic E-state index is -4.26. The number of nitrogens with two attached hydrogens (primary N) is 1. The van der Waals surface area contributed by atoms with Gasteiger partial charge in [0.25, 0.3) is 0 Å². The molecule has 1 fully saturated rings. The van der Waals surface area contributed by atoms with E-state index in [1.165, 1.54) is 0 Å². The second-order valence-electron chi connectivity index (χ2n) is 3.38. The second kappa shape index (κ2) is 3.63. The highest BCUT2D eigenvalue weighted by atomic mass is 35.5. The van der Waals surface area contributed by atoms with E-state index in [1.54, 1.807) is 0 Å². The highest BCUT2D eigenvalue weighted by Gasteiger charge is 2.46. The van der Waals surface area contributed by atoms with Gasteiger partial charge in [0, 0.05) is 6.04 Å². The van der Waals surface area contributed by atoms with Gasteiger partial charge in [-0.25, -0.2) is 0 Å². The monoisotopic (exact) mass is 217 g/mol. The molecule has 13 heavy (non-hydrogen) atoms. The van der Waals surface area contributed by atoms with Crippen molar-refractivity contribution < 1.29 is 18.3 Å². The first-order valence-electron chi connectivity index (χ1n) is 3.97. The summed E-state index contributed by atoms with van der Waals surface area (Å²) in [7, 11) is 0. The Hall–Kier alpha value is -0.0000000000000000208. The Balaban J connectivity index is 2.64. The number of hydrogen-bond donors (Lipinski definition) is 2. The molecule has 0 spiro atoms. The van der Waals surface area contributed by atoms with Crippen molar-refractivity contribution in [3.05, 3.63) is 0 Å². The van der Waals surface area contributed by atoms with Crippen molar-refractivity contribution >= 4 is 11.6 Å². The van der Waals surface area contributed by atoms with Crippen LogP contribution in [-0.4, -0.2) is 28.8 Å². The lowest BCUT2D eigenvalue weighted by atomic mass is 9.83. The van der Waals surface area contributed by atoms with Gasteiger partial charge in [-0.2, -0.15) is 13.2 Å². The zero-order valence-corrected chi connectivity index (χ0v) is 7.52. The Morgan fingerprint density at radius 1 is 1.31 bits per heavy atom. The van der Waals surface area contributed by atoms with Crippen molar-refractivity contribution in [2.75, 3.05) is 0 Å². The van der Waals surface area contributed by atoms with E-state index >= 15 is 0 Å². The number of alkyl halides is 4. The van der Waals surface area contributed by atoms with Crippen LogP contribution in [-0.2, 0) is 0 Å². The summed E-state index contributed by atoms with van der Waals surface area (Å²) in [5.74, 6) is -1.48. The van der Waals surface area contributed by atoms with E-state index in [4.69, 9.17) is 17.3 Å². The van der Waals surface area contributed by atoms with Crippen LogP contribution in [0.5, 0.6) is 0 Å². The maximum absolute atomic E-state index is 12.2. The molecule has 1 aliphatic carbocycles. The van der Waals surface area contributed by atoms with Crippen LogP contribution < -0.4 is 5.73 Å². The van der Waals surface area contributed by atoms with Crippen LogP contribution in [0.25, 0.3) is 0 Å². The Morgan fingerprint density at radius 3 is 2.23 bits per heavy atom. The number of halogens is 4. The van der Waals surface area contributed by atoms with Gasteiger partial charge in [0.15, 0.2) is 0 Å². The van der Waals surface area contributed by atoms with Crippen LogP contribution in [0, 0.1) is 5.92 Å². The van der Waals surface area contributed by atoms with Crippen molar-refractivity contribution in [3.63, 3.8) is 0 Å². The molecule has 4 atom stereocenters. The van der Waals surface area contributed by atoms with E-state index < -0.39 is 29.6 Å². The molecule has 0 aromatic heterocycles. The zero-order valence-electron chi connectivity index (χ0n) is 6.76. The molecule has 0 amide bonds. The molecule has 0 bridgehead atoms. The summed E-state index contributed by atoms with van der Waals surface area (Å²) in [5.41, 5.74) is 5.32. The maximum atomic E-state index is 12.2. The lowest BCUT2D eigenvalue weighted by molar-refractivity contribution is -0.187. The van der Waals surface area contributed by atoms with Crippen molar-refractivity contribution in [1.82, 2.24) is 0 Å². The average Bonchev–Trinajstić information content (AvgIpc) is 1.97. The summed E-state index contributed by atoms with van der Waals surface area (Å²) in [6.07, 6.45) is -5.78. The quantitative estimate of drug-likeness (QED) is 0.600. The van der Waals surface area contributed by atoms with E-state index in [-0.39, 0.29) is 12.8 Å². The summed E-state index contributed by atoms with van der Waals surface area (Å²) < 4.78 is 36.7. The fourth-order valence-corrected chi connectivity index (χ4v) is 1.91. The van der Waals surface area contributed by atoms with Gasteiger partial charge in [0.2, 0.25) is 0 Å². The van der Waals surface area contributed by atoms with Gasteiger partial charge < -0.3 is 10.8 Å². The largest absolute Gasteiger partial charge is 0.391 e. The van der Waals surface area contributed by atoms with Crippen LogP contribution in [0.1, 0.15) is 12.8 Å². The molecule has 0 heterocycles. The van der Waals surface area contributed by atoms with Crippen LogP contribution >= 0.6 is 11.6 Å². The number of aliphatic hydroxyl groups is 1. The van der Waals surface area contributed by atoms with E-state index in [2.05, 4.69) is 0 Å². The average molecular weight is 218 g/mol. The first-order valence-corrected chi connectivity index (χ1v) is 4.40. The van der Waals surface area contributed by atoms with Gasteiger partial charge in [-0.3, -0.25) is 0 Å². The van der Waals surface area contributed by atoms with Gasteiger partial charge in [-0.1, -0.05) is 0 Å². The number of rotatable bonds is 0. The topological polar surface area (TPSA) is 46.2 Å². The molecule has 1 rings (SSSR count). The molecule has 6 heteroatoms. The maximum Gasteiger partial charge on any atom is 0.391 e. The third kappa shape index (κ3) is 2.48. The Morgan fingerprint density at radius 2 is 1.85 bits per heavy atom. The first kappa shape index (κ1) is 11.1. The zero-order chi connectivity index (χ0) is 10.2. The van der Waals surface area contributed by atoms with E-state index in [1.807, 2.05) is 0 Å². The predicted molar refractivity (Wildman–Crippen MR) is 42.4 cm³/mol. The van der Waals surface area contributed by atoms with Crippen LogP contribution in [0.15, 0.2) is 0 Å². The first-order chi connectivity index (χ1) is 5.82. The normalized spacial score (nSPS) is 42.0. The molecule has 0 saturated heterocycles. The molecule has 0 aromatic carbocycles. The van der Waals surface area contributed by atoms with Crippen molar-refractivity contribution in [2.24, 2.45) is 11.7 Å². The Labute approximate surface area is 78.9 Å². The summed E-state index contributed by atoms with van der Waals surface area (Å²) >= 11 is 5.53. The van der Waals surface area contributed by atoms with Crippen molar-refractivity contribution in [2.45, 2.75) is 36.5 Å². The fourth-order valence-electron chi connectivity index (χ4n) is 1.51. The molecule has 78 valence electrons. The summed E-state index contributed by atoms with van der Waals surface area (Å²) in [5, 5.41) is 8.31. The van der Waals surface area contributed by atoms with Crippen LogP contribution in [0.2, 0.25) is 0 Å². The van der Waals surface area contributed by atoms with Crippen LogP contribution in [0.4, 0.5) is 13.2 Å². The number of aliphatic hydroxyl groups excluding tert-OH is 1. The van der Waals surface area contributed by atoms with Crippen molar-refractivity contribution in [1.29, 1.82) is 0 Å². The summed E-state index contributed by atoms with van der Waals surface area (Å²) in [6, 6.07) is -0.872. The molecule has 0 aliphatic heterocycles. The SMILES string of the molecule is NC1CC(C(F)(F)F)CC(Cl)C1O. The van der Waals surface area contributed by atoms with Crippen molar-refractivity contribution in [3.8, 4) is 0 Å². The lowest BCUT2D eigenvalue weighted by Crippen LogP contribution is -2.49. The molecule has 2 nitrogen and oxygen atoms in total. The van der Waals surface area contributed by atoms with Crippen LogP contribution in [0.3, 0.4) is 0 Å². The summed E-state index contributed by atoms with van der Waals surface area (Å²) in [4.78, 5) is 0. The second-order valence-corrected chi connectivity index (χ2v) is 3.94. The molecule has 1 saturated carbocycles. The fraction of sp³-hybridized carbons (Fsp3) is 1.00. The molecule has 1 aliphatic rings. The molecule has 4 unspecified atom stereocenters. The van der Waals surface area contributed by atoms with Gasteiger partial charge >= 0.3 is 6.18 Å². The van der Waals surface area contributed by atoms with Gasteiger partial charge in [-0.15, -0.1) is 11.6 Å². The van der Waals surface area contributed by atoms with E-state index in [9.17, 15) is 18.3 Å². The lowest BCUT2D eigenvalue weighted by Gasteiger charge is -2.35. The molecule has 3 N–H and O–H groups in total. The minimum Gasteiger partial charge on any atom is -0.390 e. The van der Waals surface area contributed by atoms with Gasteiger partial charge in [0.05, 0.1) is 17.4 Å². The Bertz CT molecular complexity index is 175. The third-order valence-corrected chi connectivity index (χ3v) is 2.77.